The van der Waals surface area contributed by atoms with Gasteiger partial charge in [0.25, 0.3) is 5.56 Å². The number of nitrogens with two attached hydrogens (primary N) is 1. The molecule has 0 fully saturated rings. The highest BCUT2D eigenvalue weighted by molar-refractivity contribution is 5.81. The van der Waals surface area contributed by atoms with Crippen LogP contribution in [0.2, 0.25) is 0 Å². The van der Waals surface area contributed by atoms with Gasteiger partial charge in [0.1, 0.15) is 11.6 Å². The van der Waals surface area contributed by atoms with Gasteiger partial charge in [-0.05, 0) is 23.8 Å². The number of H-pyrrole nitrogens is 1. The van der Waals surface area contributed by atoms with Gasteiger partial charge in [-0.25, -0.2) is 4.98 Å². The normalized spacial score (nSPS) is 10.7. The minimum atomic E-state index is -0.385. The summed E-state index contributed by atoms with van der Waals surface area (Å²) < 4.78 is 5.12. The maximum Gasteiger partial charge on any atom is 0.259 e. The summed E-state index contributed by atoms with van der Waals surface area (Å²) in [4.78, 5) is 30.4. The zero-order valence-corrected chi connectivity index (χ0v) is 12.5. The number of nitrogens with zero attached hydrogens (tertiary/aromatic N) is 1. The molecule has 3 rings (SSSR count). The summed E-state index contributed by atoms with van der Waals surface area (Å²) in [5.41, 5.74) is 7.10. The number of ether oxygens (including phenoxy) is 1. The van der Waals surface area contributed by atoms with E-state index in [0.717, 1.165) is 11.1 Å². The average molecular weight is 309 g/mol. The number of aromatic amines is 1. The number of methoxy groups -OCH3 is 1. The van der Waals surface area contributed by atoms with E-state index in [1.165, 1.54) is 0 Å². The molecule has 0 saturated heterocycles. The van der Waals surface area contributed by atoms with Gasteiger partial charge in [0.05, 0.1) is 24.4 Å². The van der Waals surface area contributed by atoms with Crippen molar-refractivity contribution in [2.75, 3.05) is 7.11 Å². The van der Waals surface area contributed by atoms with Crippen molar-refractivity contribution in [2.45, 2.75) is 6.42 Å². The van der Waals surface area contributed by atoms with E-state index >= 15 is 0 Å². The number of hydrogen-bond donors (Lipinski definition) is 2. The van der Waals surface area contributed by atoms with E-state index in [1.54, 1.807) is 49.6 Å². The van der Waals surface area contributed by atoms with E-state index in [4.69, 9.17) is 10.5 Å². The third-order valence-electron chi connectivity index (χ3n) is 3.52. The Kier molecular flexibility index (Phi) is 3.80. The Morgan fingerprint density at radius 1 is 1.22 bits per heavy atom. The molecule has 3 N–H and O–H groups in total. The third kappa shape index (κ3) is 3.06. The van der Waals surface area contributed by atoms with Crippen LogP contribution < -0.4 is 16.0 Å². The molecule has 0 saturated carbocycles. The van der Waals surface area contributed by atoms with Gasteiger partial charge in [-0.1, -0.05) is 24.3 Å². The number of primary amides is 1. The maximum atomic E-state index is 12.2. The van der Waals surface area contributed by atoms with E-state index < -0.39 is 0 Å². The summed E-state index contributed by atoms with van der Waals surface area (Å²) in [5, 5.41) is 0.471. The molecule has 0 atom stereocenters. The van der Waals surface area contributed by atoms with E-state index in [2.05, 4.69) is 9.97 Å². The molecular weight excluding hydrogens is 294 g/mol. The van der Waals surface area contributed by atoms with Gasteiger partial charge in [0.15, 0.2) is 0 Å². The number of nitrogens with one attached hydrogen (secondary N) is 1. The topological polar surface area (TPSA) is 98.1 Å². The fraction of sp³-hybridized carbons (Fsp3) is 0.118. The lowest BCUT2D eigenvalue weighted by atomic mass is 10.1. The third-order valence-corrected chi connectivity index (χ3v) is 3.52. The number of rotatable bonds is 4. The van der Waals surface area contributed by atoms with Crippen molar-refractivity contribution in [3.63, 3.8) is 0 Å². The molecule has 3 aromatic rings. The van der Waals surface area contributed by atoms with Crippen LogP contribution in [0.15, 0.2) is 47.3 Å². The van der Waals surface area contributed by atoms with Gasteiger partial charge in [0, 0.05) is 5.56 Å². The van der Waals surface area contributed by atoms with Crippen LogP contribution in [0.3, 0.4) is 0 Å². The van der Waals surface area contributed by atoms with Gasteiger partial charge >= 0.3 is 0 Å². The molecule has 0 aliphatic heterocycles. The molecule has 1 heterocycles. The molecule has 1 aromatic heterocycles. The van der Waals surface area contributed by atoms with Crippen LogP contribution in [-0.2, 0) is 11.2 Å². The molecule has 116 valence electrons. The molecule has 0 spiro atoms. The number of aromatic nitrogens is 2. The van der Waals surface area contributed by atoms with Crippen molar-refractivity contribution in [3.8, 4) is 17.1 Å². The Morgan fingerprint density at radius 2 is 1.96 bits per heavy atom. The van der Waals surface area contributed by atoms with Crippen molar-refractivity contribution in [1.82, 2.24) is 9.97 Å². The second kappa shape index (κ2) is 5.92. The SMILES string of the molecule is COc1ccc2nc(-c3ccc(CC(N)=O)cc3)[nH]c(=O)c2c1. The van der Waals surface area contributed by atoms with Crippen molar-refractivity contribution in [1.29, 1.82) is 0 Å². The smallest absolute Gasteiger partial charge is 0.259 e. The van der Waals surface area contributed by atoms with Crippen LogP contribution in [-0.4, -0.2) is 23.0 Å². The Balaban J connectivity index is 2.03. The zero-order chi connectivity index (χ0) is 16.4. The summed E-state index contributed by atoms with van der Waals surface area (Å²) in [6.07, 6.45) is 0.182. The molecule has 2 aromatic carbocycles. The zero-order valence-electron chi connectivity index (χ0n) is 12.5. The largest absolute Gasteiger partial charge is 0.497 e. The predicted molar refractivity (Wildman–Crippen MR) is 87.3 cm³/mol. The fourth-order valence-electron chi connectivity index (χ4n) is 2.36. The first-order chi connectivity index (χ1) is 11.1. The quantitative estimate of drug-likeness (QED) is 0.765. The van der Waals surface area contributed by atoms with E-state index in [-0.39, 0.29) is 17.9 Å². The molecule has 23 heavy (non-hydrogen) atoms. The average Bonchev–Trinajstić information content (AvgIpc) is 2.54. The Bertz CT molecular complexity index is 930. The minimum Gasteiger partial charge on any atom is -0.497 e. The minimum absolute atomic E-state index is 0.182. The highest BCUT2D eigenvalue weighted by atomic mass is 16.5. The molecule has 6 nitrogen and oxygen atoms in total. The van der Waals surface area contributed by atoms with Gasteiger partial charge in [-0.15, -0.1) is 0 Å². The van der Waals surface area contributed by atoms with Gasteiger partial charge < -0.3 is 15.5 Å². The van der Waals surface area contributed by atoms with Crippen LogP contribution in [0.5, 0.6) is 5.75 Å². The highest BCUT2D eigenvalue weighted by Gasteiger charge is 2.07. The lowest BCUT2D eigenvalue weighted by Crippen LogP contribution is -2.13. The van der Waals surface area contributed by atoms with E-state index in [1.807, 2.05) is 0 Å². The lowest BCUT2D eigenvalue weighted by Gasteiger charge is -2.06. The summed E-state index contributed by atoms with van der Waals surface area (Å²) in [6, 6.07) is 12.3. The first kappa shape index (κ1) is 14.8. The standard InChI is InChI=1S/C17H15N3O3/c1-23-12-6-7-14-13(9-12)17(22)20-16(19-14)11-4-2-10(3-5-11)8-15(18)21/h2-7,9H,8H2,1H3,(H2,18,21)(H,19,20,22). The van der Waals surface area contributed by atoms with Crippen molar-refractivity contribution in [3.05, 3.63) is 58.4 Å². The number of carbonyl (C=O) groups is 1. The second-order valence-corrected chi connectivity index (χ2v) is 5.14. The highest BCUT2D eigenvalue weighted by Crippen LogP contribution is 2.20. The summed E-state index contributed by atoms with van der Waals surface area (Å²) in [5.74, 6) is 0.690. The van der Waals surface area contributed by atoms with Crippen LogP contribution in [0.25, 0.3) is 22.3 Å². The summed E-state index contributed by atoms with van der Waals surface area (Å²) >= 11 is 0. The predicted octanol–water partition coefficient (Wildman–Crippen LogP) is 1.63. The van der Waals surface area contributed by atoms with Gasteiger partial charge in [-0.3, -0.25) is 9.59 Å². The lowest BCUT2D eigenvalue weighted by molar-refractivity contribution is -0.117. The first-order valence-corrected chi connectivity index (χ1v) is 7.02. The molecule has 1 amide bonds. The Labute approximate surface area is 131 Å². The van der Waals surface area contributed by atoms with Crippen molar-refractivity contribution < 1.29 is 9.53 Å². The monoisotopic (exact) mass is 309 g/mol. The van der Waals surface area contributed by atoms with Gasteiger partial charge in [-0.2, -0.15) is 0 Å². The Morgan fingerprint density at radius 3 is 2.61 bits per heavy atom. The Hall–Kier alpha value is -3.15. The summed E-state index contributed by atoms with van der Waals surface area (Å²) in [6.45, 7) is 0. The molecule has 0 unspecified atom stereocenters. The molecular formula is C17H15N3O3. The van der Waals surface area contributed by atoms with Crippen LogP contribution in [0, 0.1) is 0 Å². The molecule has 0 aliphatic rings. The fourth-order valence-corrected chi connectivity index (χ4v) is 2.36. The van der Waals surface area contributed by atoms with Crippen LogP contribution in [0.1, 0.15) is 5.56 Å². The summed E-state index contributed by atoms with van der Waals surface area (Å²) in [7, 11) is 1.55. The van der Waals surface area contributed by atoms with E-state index in [9.17, 15) is 9.59 Å². The van der Waals surface area contributed by atoms with Gasteiger partial charge in [0.2, 0.25) is 5.91 Å². The van der Waals surface area contributed by atoms with Crippen molar-refractivity contribution in [2.24, 2.45) is 5.73 Å². The number of fused-ring (bicyclic) bond motifs is 1. The molecule has 0 aliphatic carbocycles. The number of carbonyl (C=O) groups excluding carboxylic acids is 1. The van der Waals surface area contributed by atoms with Crippen LogP contribution >= 0.6 is 0 Å². The van der Waals surface area contributed by atoms with Crippen LogP contribution in [0.4, 0.5) is 0 Å². The number of amides is 1. The molecule has 6 heteroatoms. The number of hydrogen-bond acceptors (Lipinski definition) is 4. The maximum absolute atomic E-state index is 12.2. The second-order valence-electron chi connectivity index (χ2n) is 5.14. The van der Waals surface area contributed by atoms with Crippen molar-refractivity contribution >= 4 is 16.8 Å². The first-order valence-electron chi connectivity index (χ1n) is 7.02. The number of benzene rings is 2. The van der Waals surface area contributed by atoms with E-state index in [0.29, 0.717) is 22.5 Å². The molecule has 0 bridgehead atoms. The molecule has 0 radical (unpaired) electrons.